The molecule has 1 fully saturated rings. The highest BCUT2D eigenvalue weighted by atomic mass is 16.1. The normalized spacial score (nSPS) is 14.7. The van der Waals surface area contributed by atoms with Crippen molar-refractivity contribution < 1.29 is 4.79 Å². The van der Waals surface area contributed by atoms with Gasteiger partial charge in [-0.1, -0.05) is 37.3 Å². The van der Waals surface area contributed by atoms with E-state index in [1.54, 1.807) is 6.08 Å². The first kappa shape index (κ1) is 21.7. The quantitative estimate of drug-likeness (QED) is 0.570. The number of carbonyl (C=O) groups is 1. The van der Waals surface area contributed by atoms with Crippen molar-refractivity contribution in [1.82, 2.24) is 9.47 Å². The standard InChI is InChI=1S/C26H29N5O/c1-2-29-16-18-30(19-17-29)25-11-6-4-9-23(25)28-26(32)13-12-21-20-31(15-7-14-27)24-10-5-3-8-22(21)24/h3-6,8-13,20H,2,7,15-19H2,1H3,(H,28,32)/b13-12+. The first-order chi connectivity index (χ1) is 15.7. The Bertz CT molecular complexity index is 1150. The van der Waals surface area contributed by atoms with E-state index in [0.29, 0.717) is 13.0 Å². The predicted molar refractivity (Wildman–Crippen MR) is 131 cm³/mol. The Hall–Kier alpha value is -3.56. The van der Waals surface area contributed by atoms with E-state index >= 15 is 0 Å². The Labute approximate surface area is 189 Å². The molecule has 4 rings (SSSR count). The minimum absolute atomic E-state index is 0.154. The lowest BCUT2D eigenvalue weighted by Gasteiger charge is -2.36. The van der Waals surface area contributed by atoms with E-state index in [2.05, 4.69) is 38.7 Å². The number of nitriles is 1. The van der Waals surface area contributed by atoms with Gasteiger partial charge in [0, 0.05) is 61.5 Å². The summed E-state index contributed by atoms with van der Waals surface area (Å²) in [4.78, 5) is 17.5. The van der Waals surface area contributed by atoms with Crippen LogP contribution in [0.3, 0.4) is 0 Å². The van der Waals surface area contributed by atoms with Crippen LogP contribution in [0.25, 0.3) is 17.0 Å². The zero-order valence-electron chi connectivity index (χ0n) is 18.5. The van der Waals surface area contributed by atoms with Crippen LogP contribution in [0.15, 0.2) is 60.8 Å². The molecule has 1 aliphatic rings. The number of aryl methyl sites for hydroxylation is 1. The predicted octanol–water partition coefficient (Wildman–Crippen LogP) is 4.35. The van der Waals surface area contributed by atoms with Crippen LogP contribution >= 0.6 is 0 Å². The third kappa shape index (κ3) is 4.84. The molecule has 0 bridgehead atoms. The van der Waals surface area contributed by atoms with Crippen molar-refractivity contribution in [2.24, 2.45) is 0 Å². The topological polar surface area (TPSA) is 64.3 Å². The van der Waals surface area contributed by atoms with Gasteiger partial charge in [-0.05, 0) is 30.8 Å². The third-order valence-electron chi connectivity index (χ3n) is 6.02. The molecule has 1 amide bonds. The fraction of sp³-hybridized carbons (Fsp3) is 0.308. The zero-order chi connectivity index (χ0) is 22.3. The number of hydrogen-bond acceptors (Lipinski definition) is 4. The highest BCUT2D eigenvalue weighted by Gasteiger charge is 2.18. The monoisotopic (exact) mass is 427 g/mol. The Morgan fingerprint density at radius 1 is 1.09 bits per heavy atom. The SMILES string of the molecule is CCN1CCN(c2ccccc2NC(=O)/C=C/c2cn(CCC#N)c3ccccc23)CC1. The highest BCUT2D eigenvalue weighted by Crippen LogP contribution is 2.27. The van der Waals surface area contributed by atoms with E-state index in [1.807, 2.05) is 54.7 Å². The summed E-state index contributed by atoms with van der Waals surface area (Å²) in [6, 6.07) is 18.3. The number of fused-ring (bicyclic) bond motifs is 1. The summed E-state index contributed by atoms with van der Waals surface area (Å²) in [5.41, 5.74) is 3.94. The van der Waals surface area contributed by atoms with E-state index in [9.17, 15) is 4.79 Å². The molecule has 1 saturated heterocycles. The smallest absolute Gasteiger partial charge is 0.248 e. The number of amides is 1. The number of aromatic nitrogens is 1. The van der Waals surface area contributed by atoms with Gasteiger partial charge in [-0.2, -0.15) is 5.26 Å². The molecule has 0 spiro atoms. The molecule has 0 saturated carbocycles. The van der Waals surface area contributed by atoms with Crippen LogP contribution in [-0.4, -0.2) is 48.1 Å². The summed E-state index contributed by atoms with van der Waals surface area (Å²) in [6.07, 6.45) is 5.89. The average Bonchev–Trinajstić information content (AvgIpc) is 3.19. The van der Waals surface area contributed by atoms with Crippen molar-refractivity contribution in [3.8, 4) is 6.07 Å². The largest absolute Gasteiger partial charge is 0.367 e. The number of rotatable bonds is 7. The Morgan fingerprint density at radius 2 is 1.84 bits per heavy atom. The van der Waals surface area contributed by atoms with Gasteiger partial charge in [0.05, 0.1) is 23.9 Å². The van der Waals surface area contributed by atoms with Crippen LogP contribution < -0.4 is 10.2 Å². The summed E-state index contributed by atoms with van der Waals surface area (Å²) in [6.45, 7) is 7.89. The highest BCUT2D eigenvalue weighted by molar-refractivity contribution is 6.05. The Balaban J connectivity index is 1.49. The van der Waals surface area contributed by atoms with Crippen LogP contribution in [-0.2, 0) is 11.3 Å². The van der Waals surface area contributed by atoms with Crippen LogP contribution in [0.1, 0.15) is 18.9 Å². The van der Waals surface area contributed by atoms with E-state index in [0.717, 1.165) is 60.6 Å². The van der Waals surface area contributed by atoms with Gasteiger partial charge in [0.2, 0.25) is 5.91 Å². The molecule has 3 aromatic rings. The maximum absolute atomic E-state index is 12.8. The van der Waals surface area contributed by atoms with Gasteiger partial charge >= 0.3 is 0 Å². The number of anilines is 2. The molecule has 0 radical (unpaired) electrons. The van der Waals surface area contributed by atoms with E-state index < -0.39 is 0 Å². The molecule has 6 nitrogen and oxygen atoms in total. The molecule has 6 heteroatoms. The van der Waals surface area contributed by atoms with Crippen LogP contribution in [0.5, 0.6) is 0 Å². The third-order valence-corrected chi connectivity index (χ3v) is 6.02. The Kier molecular flexibility index (Phi) is 6.88. The molecule has 0 aliphatic carbocycles. The number of carbonyl (C=O) groups excluding carboxylic acids is 1. The Morgan fingerprint density at radius 3 is 2.62 bits per heavy atom. The molecular weight excluding hydrogens is 398 g/mol. The van der Waals surface area contributed by atoms with E-state index in [1.165, 1.54) is 0 Å². The van der Waals surface area contributed by atoms with Gasteiger partial charge < -0.3 is 19.7 Å². The minimum Gasteiger partial charge on any atom is -0.367 e. The average molecular weight is 428 g/mol. The number of hydrogen-bond donors (Lipinski definition) is 1. The van der Waals surface area contributed by atoms with Crippen molar-refractivity contribution >= 4 is 34.3 Å². The molecule has 2 heterocycles. The molecule has 32 heavy (non-hydrogen) atoms. The van der Waals surface area contributed by atoms with Gasteiger partial charge in [-0.15, -0.1) is 0 Å². The lowest BCUT2D eigenvalue weighted by Crippen LogP contribution is -2.46. The van der Waals surface area contributed by atoms with Gasteiger partial charge in [0.1, 0.15) is 0 Å². The molecule has 1 aliphatic heterocycles. The fourth-order valence-corrected chi connectivity index (χ4v) is 4.26. The number of benzene rings is 2. The number of nitrogens with zero attached hydrogens (tertiary/aromatic N) is 4. The molecule has 164 valence electrons. The van der Waals surface area contributed by atoms with Crippen LogP contribution in [0.2, 0.25) is 0 Å². The van der Waals surface area contributed by atoms with E-state index in [4.69, 9.17) is 5.26 Å². The van der Waals surface area contributed by atoms with Crippen molar-refractivity contribution in [2.75, 3.05) is 42.9 Å². The zero-order valence-corrected chi connectivity index (χ0v) is 18.5. The molecular formula is C26H29N5O. The summed E-state index contributed by atoms with van der Waals surface area (Å²) in [7, 11) is 0. The number of piperazine rings is 1. The summed E-state index contributed by atoms with van der Waals surface area (Å²) in [5, 5.41) is 13.1. The fourth-order valence-electron chi connectivity index (χ4n) is 4.26. The second-order valence-corrected chi connectivity index (χ2v) is 7.96. The first-order valence-electron chi connectivity index (χ1n) is 11.2. The second-order valence-electron chi connectivity index (χ2n) is 7.96. The number of para-hydroxylation sites is 3. The van der Waals surface area contributed by atoms with Crippen molar-refractivity contribution in [2.45, 2.75) is 19.9 Å². The maximum Gasteiger partial charge on any atom is 0.248 e. The van der Waals surface area contributed by atoms with Crippen LogP contribution in [0.4, 0.5) is 11.4 Å². The molecule has 0 unspecified atom stereocenters. The lowest BCUT2D eigenvalue weighted by molar-refractivity contribution is -0.111. The maximum atomic E-state index is 12.8. The number of nitrogens with one attached hydrogen (secondary N) is 1. The molecule has 1 N–H and O–H groups in total. The van der Waals surface area contributed by atoms with Gasteiger partial charge in [0.25, 0.3) is 0 Å². The first-order valence-corrected chi connectivity index (χ1v) is 11.2. The number of likely N-dealkylation sites (N-methyl/N-ethyl adjacent to an activating group) is 1. The van der Waals surface area contributed by atoms with Crippen molar-refractivity contribution in [3.63, 3.8) is 0 Å². The molecule has 1 aromatic heterocycles. The van der Waals surface area contributed by atoms with Crippen molar-refractivity contribution in [1.29, 1.82) is 5.26 Å². The molecule has 0 atom stereocenters. The van der Waals surface area contributed by atoms with Gasteiger partial charge in [-0.3, -0.25) is 4.79 Å². The van der Waals surface area contributed by atoms with Gasteiger partial charge in [0.15, 0.2) is 0 Å². The van der Waals surface area contributed by atoms with Crippen LogP contribution in [0, 0.1) is 11.3 Å². The molecule has 2 aromatic carbocycles. The minimum atomic E-state index is -0.154. The second kappa shape index (κ2) is 10.2. The summed E-state index contributed by atoms with van der Waals surface area (Å²) < 4.78 is 2.07. The lowest BCUT2D eigenvalue weighted by atomic mass is 10.1. The van der Waals surface area contributed by atoms with Gasteiger partial charge in [-0.25, -0.2) is 0 Å². The summed E-state index contributed by atoms with van der Waals surface area (Å²) >= 11 is 0. The summed E-state index contributed by atoms with van der Waals surface area (Å²) in [5.74, 6) is -0.154. The van der Waals surface area contributed by atoms with Crippen molar-refractivity contribution in [3.05, 3.63) is 66.4 Å². The van der Waals surface area contributed by atoms with E-state index in [-0.39, 0.29) is 5.91 Å².